The zero-order valence-corrected chi connectivity index (χ0v) is 14.9. The summed E-state index contributed by atoms with van der Waals surface area (Å²) in [5.41, 5.74) is 3.44. The highest BCUT2D eigenvalue weighted by Gasteiger charge is 2.28. The van der Waals surface area contributed by atoms with Crippen LogP contribution in [0.25, 0.3) is 0 Å². The van der Waals surface area contributed by atoms with E-state index in [-0.39, 0.29) is 11.7 Å². The SMILES string of the molecule is CCNc1ncc(C(=O)N2Cc3cnn(Cc4ccc(F)cc4)c3C2)cn1. The number of fused-ring (bicyclic) bond motifs is 1. The van der Waals surface area contributed by atoms with Crippen LogP contribution in [-0.4, -0.2) is 37.1 Å². The Hall–Kier alpha value is -3.29. The van der Waals surface area contributed by atoms with Crippen molar-refractivity contribution >= 4 is 11.9 Å². The van der Waals surface area contributed by atoms with Crippen LogP contribution in [0.15, 0.2) is 42.9 Å². The molecule has 0 bridgehead atoms. The predicted molar refractivity (Wildman–Crippen MR) is 97.5 cm³/mol. The number of aromatic nitrogens is 4. The maximum atomic E-state index is 13.1. The average molecular weight is 366 g/mol. The summed E-state index contributed by atoms with van der Waals surface area (Å²) in [4.78, 5) is 22.8. The lowest BCUT2D eigenvalue weighted by Crippen LogP contribution is -2.26. The molecule has 2 aromatic heterocycles. The molecule has 0 saturated heterocycles. The van der Waals surface area contributed by atoms with E-state index >= 15 is 0 Å². The summed E-state index contributed by atoms with van der Waals surface area (Å²) in [5.74, 6) is 0.139. The first kappa shape index (κ1) is 17.1. The second kappa shape index (κ2) is 7.14. The maximum absolute atomic E-state index is 13.1. The molecule has 1 aromatic carbocycles. The molecule has 138 valence electrons. The van der Waals surface area contributed by atoms with E-state index in [2.05, 4.69) is 20.4 Å². The van der Waals surface area contributed by atoms with Gasteiger partial charge in [0.1, 0.15) is 5.82 Å². The molecule has 0 atom stereocenters. The van der Waals surface area contributed by atoms with Gasteiger partial charge in [0.05, 0.1) is 30.5 Å². The van der Waals surface area contributed by atoms with Gasteiger partial charge >= 0.3 is 0 Å². The van der Waals surface area contributed by atoms with Crippen LogP contribution in [-0.2, 0) is 19.6 Å². The van der Waals surface area contributed by atoms with Gasteiger partial charge in [-0.25, -0.2) is 14.4 Å². The Balaban J connectivity index is 1.47. The number of carbonyl (C=O) groups is 1. The highest BCUT2D eigenvalue weighted by molar-refractivity contribution is 5.94. The normalized spacial score (nSPS) is 12.9. The first-order valence-corrected chi connectivity index (χ1v) is 8.77. The Bertz CT molecular complexity index is 951. The van der Waals surface area contributed by atoms with E-state index in [1.807, 2.05) is 11.6 Å². The van der Waals surface area contributed by atoms with E-state index in [0.717, 1.165) is 23.4 Å². The number of nitrogens with one attached hydrogen (secondary N) is 1. The van der Waals surface area contributed by atoms with Gasteiger partial charge in [-0.1, -0.05) is 12.1 Å². The molecule has 27 heavy (non-hydrogen) atoms. The summed E-state index contributed by atoms with van der Waals surface area (Å²) in [7, 11) is 0. The average Bonchev–Trinajstić information content (AvgIpc) is 3.26. The number of carbonyl (C=O) groups excluding carboxylic acids is 1. The first-order valence-electron chi connectivity index (χ1n) is 8.77. The van der Waals surface area contributed by atoms with Crippen LogP contribution in [0.5, 0.6) is 0 Å². The first-order chi connectivity index (χ1) is 13.1. The Morgan fingerprint density at radius 2 is 1.89 bits per heavy atom. The quantitative estimate of drug-likeness (QED) is 0.751. The topological polar surface area (TPSA) is 75.9 Å². The van der Waals surface area contributed by atoms with Crippen LogP contribution in [0.3, 0.4) is 0 Å². The van der Waals surface area contributed by atoms with E-state index < -0.39 is 0 Å². The summed E-state index contributed by atoms with van der Waals surface area (Å²) >= 11 is 0. The van der Waals surface area contributed by atoms with E-state index in [1.165, 1.54) is 12.1 Å². The van der Waals surface area contributed by atoms with Crippen LogP contribution in [0, 0.1) is 5.82 Å². The highest BCUT2D eigenvalue weighted by atomic mass is 19.1. The molecule has 4 rings (SSSR count). The van der Waals surface area contributed by atoms with Crippen molar-refractivity contribution in [2.45, 2.75) is 26.6 Å². The number of nitrogens with zero attached hydrogens (tertiary/aromatic N) is 5. The number of hydrogen-bond acceptors (Lipinski definition) is 5. The van der Waals surface area contributed by atoms with Gasteiger partial charge in [0, 0.05) is 31.0 Å². The smallest absolute Gasteiger partial charge is 0.257 e. The summed E-state index contributed by atoms with van der Waals surface area (Å²) in [6, 6.07) is 6.35. The van der Waals surface area contributed by atoms with Crippen molar-refractivity contribution < 1.29 is 9.18 Å². The van der Waals surface area contributed by atoms with Crippen molar-refractivity contribution in [2.75, 3.05) is 11.9 Å². The van der Waals surface area contributed by atoms with Crippen molar-refractivity contribution in [3.05, 3.63) is 71.1 Å². The number of halogens is 1. The Morgan fingerprint density at radius 1 is 1.15 bits per heavy atom. The third-order valence-corrected chi connectivity index (χ3v) is 4.50. The van der Waals surface area contributed by atoms with Crippen molar-refractivity contribution in [1.82, 2.24) is 24.6 Å². The molecule has 1 aliphatic heterocycles. The monoisotopic (exact) mass is 366 g/mol. The number of hydrogen-bond donors (Lipinski definition) is 1. The van der Waals surface area contributed by atoms with E-state index in [4.69, 9.17) is 0 Å². The van der Waals surface area contributed by atoms with Crippen LogP contribution in [0.2, 0.25) is 0 Å². The molecule has 7 nitrogen and oxygen atoms in total. The minimum absolute atomic E-state index is 0.109. The molecule has 0 aliphatic carbocycles. The summed E-state index contributed by atoms with van der Waals surface area (Å²) < 4.78 is 14.9. The zero-order chi connectivity index (χ0) is 18.8. The third kappa shape index (κ3) is 3.51. The third-order valence-electron chi connectivity index (χ3n) is 4.50. The lowest BCUT2D eigenvalue weighted by molar-refractivity contribution is 0.0747. The molecule has 3 heterocycles. The Kier molecular flexibility index (Phi) is 4.53. The van der Waals surface area contributed by atoms with E-state index in [0.29, 0.717) is 31.1 Å². The highest BCUT2D eigenvalue weighted by Crippen LogP contribution is 2.24. The number of rotatable bonds is 5. The minimum Gasteiger partial charge on any atom is -0.355 e. The van der Waals surface area contributed by atoms with Gasteiger partial charge in [-0.15, -0.1) is 0 Å². The number of anilines is 1. The summed E-state index contributed by atoms with van der Waals surface area (Å²) in [6.07, 6.45) is 4.87. The molecular weight excluding hydrogens is 347 g/mol. The zero-order valence-electron chi connectivity index (χ0n) is 14.9. The van der Waals surface area contributed by atoms with Crippen molar-refractivity contribution in [3.63, 3.8) is 0 Å². The Morgan fingerprint density at radius 3 is 2.59 bits per heavy atom. The molecule has 0 unspecified atom stereocenters. The van der Waals surface area contributed by atoms with Gasteiger partial charge < -0.3 is 10.2 Å². The molecule has 0 saturated carbocycles. The fourth-order valence-electron chi connectivity index (χ4n) is 3.12. The van der Waals surface area contributed by atoms with Crippen molar-refractivity contribution in [2.24, 2.45) is 0 Å². The molecule has 1 N–H and O–H groups in total. The fraction of sp³-hybridized carbons (Fsp3) is 0.263. The molecule has 1 amide bonds. The van der Waals surface area contributed by atoms with Gasteiger partial charge in [-0.3, -0.25) is 9.48 Å². The molecule has 3 aromatic rings. The fourth-order valence-corrected chi connectivity index (χ4v) is 3.12. The van der Waals surface area contributed by atoms with Gasteiger partial charge in [0.15, 0.2) is 0 Å². The van der Waals surface area contributed by atoms with E-state index in [9.17, 15) is 9.18 Å². The van der Waals surface area contributed by atoms with Gasteiger partial charge in [-0.2, -0.15) is 5.10 Å². The summed E-state index contributed by atoms with van der Waals surface area (Å²) in [5, 5.41) is 7.41. The second-order valence-corrected chi connectivity index (χ2v) is 6.39. The molecule has 0 spiro atoms. The van der Waals surface area contributed by atoms with Crippen LogP contribution in [0.4, 0.5) is 10.3 Å². The van der Waals surface area contributed by atoms with Gasteiger partial charge in [-0.05, 0) is 24.6 Å². The predicted octanol–water partition coefficient (Wildman–Crippen LogP) is 2.45. The number of benzene rings is 1. The van der Waals surface area contributed by atoms with Crippen LogP contribution >= 0.6 is 0 Å². The van der Waals surface area contributed by atoms with Gasteiger partial charge in [0.25, 0.3) is 5.91 Å². The maximum Gasteiger partial charge on any atom is 0.257 e. The lowest BCUT2D eigenvalue weighted by Gasteiger charge is -2.16. The minimum atomic E-state index is -0.261. The molecule has 0 fully saturated rings. The van der Waals surface area contributed by atoms with Crippen LogP contribution in [0.1, 0.15) is 34.1 Å². The summed E-state index contributed by atoms with van der Waals surface area (Å²) in [6.45, 7) is 4.20. The van der Waals surface area contributed by atoms with Crippen molar-refractivity contribution in [1.29, 1.82) is 0 Å². The van der Waals surface area contributed by atoms with E-state index in [1.54, 1.807) is 35.6 Å². The second-order valence-electron chi connectivity index (χ2n) is 6.39. The molecule has 0 radical (unpaired) electrons. The molecule has 1 aliphatic rings. The Labute approximate surface area is 155 Å². The van der Waals surface area contributed by atoms with Crippen molar-refractivity contribution in [3.8, 4) is 0 Å². The largest absolute Gasteiger partial charge is 0.355 e. The lowest BCUT2D eigenvalue weighted by atomic mass is 10.2. The van der Waals surface area contributed by atoms with Gasteiger partial charge in [0.2, 0.25) is 5.95 Å². The molecule has 8 heteroatoms. The van der Waals surface area contributed by atoms with Crippen LogP contribution < -0.4 is 5.32 Å². The number of amides is 1. The standard InChI is InChI=1S/C19H19FN6O/c1-2-21-19-22-7-14(8-23-19)18(27)25-11-15-9-24-26(17(15)12-25)10-13-3-5-16(20)6-4-13/h3-9H,2,10-12H2,1H3,(H,21,22,23). The molecular formula is C19H19FN6O.